The SMILES string of the molecule is CCNC(C)c1ccc(SCC(=O)NCCOC)cc1. The van der Waals surface area contributed by atoms with Crippen LogP contribution in [0.1, 0.15) is 25.5 Å². The van der Waals surface area contributed by atoms with Crippen LogP contribution in [0, 0.1) is 0 Å². The van der Waals surface area contributed by atoms with E-state index >= 15 is 0 Å². The maximum atomic E-state index is 11.6. The molecular weight excluding hydrogens is 272 g/mol. The summed E-state index contributed by atoms with van der Waals surface area (Å²) >= 11 is 1.55. The normalized spacial score (nSPS) is 12.2. The first kappa shape index (κ1) is 17.0. The molecule has 0 heterocycles. The van der Waals surface area contributed by atoms with Gasteiger partial charge in [-0.3, -0.25) is 4.79 Å². The number of nitrogens with one attached hydrogen (secondary N) is 2. The van der Waals surface area contributed by atoms with Gasteiger partial charge in [0.15, 0.2) is 0 Å². The van der Waals surface area contributed by atoms with Crippen molar-refractivity contribution in [2.75, 3.05) is 32.6 Å². The third kappa shape index (κ3) is 6.41. The highest BCUT2D eigenvalue weighted by molar-refractivity contribution is 8.00. The molecule has 5 heteroatoms. The summed E-state index contributed by atoms with van der Waals surface area (Å²) in [6.07, 6.45) is 0. The number of thioether (sulfide) groups is 1. The zero-order valence-corrected chi connectivity index (χ0v) is 13.3. The Labute approximate surface area is 125 Å². The second-order valence-corrected chi connectivity index (χ2v) is 5.53. The maximum absolute atomic E-state index is 11.6. The number of rotatable bonds is 9. The summed E-state index contributed by atoms with van der Waals surface area (Å²) in [7, 11) is 1.62. The van der Waals surface area contributed by atoms with Crippen LogP contribution in [0.5, 0.6) is 0 Å². The number of benzene rings is 1. The minimum atomic E-state index is 0.0390. The second kappa shape index (κ2) is 9.80. The topological polar surface area (TPSA) is 50.4 Å². The molecule has 2 N–H and O–H groups in total. The summed E-state index contributed by atoms with van der Waals surface area (Å²) in [6, 6.07) is 8.71. The molecule has 1 atom stereocenters. The summed E-state index contributed by atoms with van der Waals surface area (Å²) in [5.41, 5.74) is 1.26. The lowest BCUT2D eigenvalue weighted by molar-refractivity contribution is -0.118. The average molecular weight is 296 g/mol. The number of hydrogen-bond donors (Lipinski definition) is 2. The molecule has 1 unspecified atom stereocenters. The van der Waals surface area contributed by atoms with Crippen molar-refractivity contribution < 1.29 is 9.53 Å². The first-order valence-electron chi connectivity index (χ1n) is 6.89. The van der Waals surface area contributed by atoms with Crippen molar-refractivity contribution in [3.63, 3.8) is 0 Å². The highest BCUT2D eigenvalue weighted by Crippen LogP contribution is 2.20. The van der Waals surface area contributed by atoms with Gasteiger partial charge in [-0.25, -0.2) is 0 Å². The van der Waals surface area contributed by atoms with Crippen LogP contribution in [-0.2, 0) is 9.53 Å². The minimum Gasteiger partial charge on any atom is -0.383 e. The number of ether oxygens (including phenoxy) is 1. The summed E-state index contributed by atoms with van der Waals surface area (Å²) in [6.45, 7) is 6.32. The van der Waals surface area contributed by atoms with Crippen molar-refractivity contribution in [3.8, 4) is 0 Å². The van der Waals surface area contributed by atoms with Gasteiger partial charge in [0.2, 0.25) is 5.91 Å². The number of carbonyl (C=O) groups excluding carboxylic acids is 1. The van der Waals surface area contributed by atoms with Gasteiger partial charge in [-0.05, 0) is 31.2 Å². The Morgan fingerprint density at radius 3 is 2.65 bits per heavy atom. The lowest BCUT2D eigenvalue weighted by Crippen LogP contribution is -2.28. The monoisotopic (exact) mass is 296 g/mol. The molecule has 1 rings (SSSR count). The van der Waals surface area contributed by atoms with Crippen molar-refractivity contribution >= 4 is 17.7 Å². The van der Waals surface area contributed by atoms with E-state index in [4.69, 9.17) is 4.74 Å². The molecule has 0 spiro atoms. The van der Waals surface area contributed by atoms with Crippen LogP contribution in [0.25, 0.3) is 0 Å². The first-order valence-corrected chi connectivity index (χ1v) is 7.87. The van der Waals surface area contributed by atoms with E-state index in [-0.39, 0.29) is 5.91 Å². The molecule has 0 saturated heterocycles. The number of hydrogen-bond acceptors (Lipinski definition) is 4. The minimum absolute atomic E-state index is 0.0390. The lowest BCUT2D eigenvalue weighted by atomic mass is 10.1. The van der Waals surface area contributed by atoms with Crippen LogP contribution in [-0.4, -0.2) is 38.5 Å². The van der Waals surface area contributed by atoms with E-state index in [9.17, 15) is 4.79 Å². The van der Waals surface area contributed by atoms with Crippen molar-refractivity contribution in [3.05, 3.63) is 29.8 Å². The second-order valence-electron chi connectivity index (χ2n) is 4.48. The van der Waals surface area contributed by atoms with E-state index in [1.807, 2.05) is 0 Å². The predicted molar refractivity (Wildman–Crippen MR) is 84.1 cm³/mol. The maximum Gasteiger partial charge on any atom is 0.230 e. The van der Waals surface area contributed by atoms with Crippen LogP contribution in [0.2, 0.25) is 0 Å². The van der Waals surface area contributed by atoms with Gasteiger partial charge in [-0.2, -0.15) is 0 Å². The van der Waals surface area contributed by atoms with Gasteiger partial charge in [0.1, 0.15) is 0 Å². The lowest BCUT2D eigenvalue weighted by Gasteiger charge is -2.13. The van der Waals surface area contributed by atoms with Crippen LogP contribution in [0.3, 0.4) is 0 Å². The van der Waals surface area contributed by atoms with Gasteiger partial charge in [-0.1, -0.05) is 19.1 Å². The molecule has 4 nitrogen and oxygen atoms in total. The van der Waals surface area contributed by atoms with Crippen LogP contribution in [0.15, 0.2) is 29.2 Å². The zero-order valence-electron chi connectivity index (χ0n) is 12.4. The molecule has 1 aromatic carbocycles. The van der Waals surface area contributed by atoms with Crippen LogP contribution in [0.4, 0.5) is 0 Å². The van der Waals surface area contributed by atoms with Gasteiger partial charge >= 0.3 is 0 Å². The van der Waals surface area contributed by atoms with Gasteiger partial charge < -0.3 is 15.4 Å². The Kier molecular flexibility index (Phi) is 8.34. The summed E-state index contributed by atoms with van der Waals surface area (Å²) in [5.74, 6) is 0.475. The molecule has 0 aromatic heterocycles. The van der Waals surface area contributed by atoms with Gasteiger partial charge in [0.05, 0.1) is 12.4 Å². The zero-order chi connectivity index (χ0) is 14.8. The fraction of sp³-hybridized carbons (Fsp3) is 0.533. The Hall–Kier alpha value is -1.04. The molecule has 0 aliphatic heterocycles. The summed E-state index contributed by atoms with van der Waals surface area (Å²) < 4.78 is 4.88. The Bertz CT molecular complexity index is 395. The Morgan fingerprint density at radius 2 is 2.05 bits per heavy atom. The fourth-order valence-corrected chi connectivity index (χ4v) is 2.50. The third-order valence-electron chi connectivity index (χ3n) is 2.89. The summed E-state index contributed by atoms with van der Waals surface area (Å²) in [4.78, 5) is 12.7. The summed E-state index contributed by atoms with van der Waals surface area (Å²) in [5, 5.41) is 6.18. The fourth-order valence-electron chi connectivity index (χ4n) is 1.77. The molecule has 0 saturated carbocycles. The molecule has 1 amide bonds. The van der Waals surface area contributed by atoms with Crippen LogP contribution >= 0.6 is 11.8 Å². The third-order valence-corrected chi connectivity index (χ3v) is 3.90. The predicted octanol–water partition coefficient (Wildman–Crippen LogP) is 2.21. The van der Waals surface area contributed by atoms with Crippen molar-refractivity contribution in [1.82, 2.24) is 10.6 Å². The quantitative estimate of drug-likeness (QED) is 0.542. The van der Waals surface area contributed by atoms with Gasteiger partial charge in [-0.15, -0.1) is 11.8 Å². The van der Waals surface area contributed by atoms with Crippen molar-refractivity contribution in [2.24, 2.45) is 0 Å². The van der Waals surface area contributed by atoms with E-state index in [0.29, 0.717) is 24.9 Å². The van der Waals surface area contributed by atoms with E-state index < -0.39 is 0 Å². The smallest absolute Gasteiger partial charge is 0.230 e. The van der Waals surface area contributed by atoms with E-state index in [1.165, 1.54) is 5.56 Å². The number of methoxy groups -OCH3 is 1. The molecular formula is C15H24N2O2S. The highest BCUT2D eigenvalue weighted by atomic mass is 32.2. The molecule has 0 aliphatic carbocycles. The molecule has 0 fully saturated rings. The Morgan fingerprint density at radius 1 is 1.35 bits per heavy atom. The van der Waals surface area contributed by atoms with Gasteiger partial charge in [0, 0.05) is 24.6 Å². The number of carbonyl (C=O) groups is 1. The van der Waals surface area contributed by atoms with Gasteiger partial charge in [0.25, 0.3) is 0 Å². The van der Waals surface area contributed by atoms with Crippen molar-refractivity contribution in [2.45, 2.75) is 24.8 Å². The largest absolute Gasteiger partial charge is 0.383 e. The average Bonchev–Trinajstić information content (AvgIpc) is 2.46. The first-order chi connectivity index (χ1) is 9.67. The highest BCUT2D eigenvalue weighted by Gasteiger charge is 2.05. The Balaban J connectivity index is 2.36. The van der Waals surface area contributed by atoms with Crippen LogP contribution < -0.4 is 10.6 Å². The van der Waals surface area contributed by atoms with E-state index in [0.717, 1.165) is 11.4 Å². The molecule has 20 heavy (non-hydrogen) atoms. The standard InChI is InChI=1S/C15H24N2O2S/c1-4-16-12(2)13-5-7-14(8-6-13)20-11-15(18)17-9-10-19-3/h5-8,12,16H,4,9-11H2,1-3H3,(H,17,18). The van der Waals surface area contributed by atoms with Crippen molar-refractivity contribution in [1.29, 1.82) is 0 Å². The van der Waals surface area contributed by atoms with E-state index in [2.05, 4.69) is 48.7 Å². The molecule has 112 valence electrons. The van der Waals surface area contributed by atoms with E-state index in [1.54, 1.807) is 18.9 Å². The molecule has 0 radical (unpaired) electrons. The number of amides is 1. The molecule has 0 aliphatic rings. The molecule has 0 bridgehead atoms. The molecule has 1 aromatic rings.